The number of benzene rings is 2. The standard InChI is InChI=1S/C22H16FN3O3/c1-2-26-20-17(21(28)25-22(26)29)15(11-6-5-7-12(23)10-11)16-18(24-20)13-8-3-4-9-14(13)19(16)27/h3-10,15,24H,2H2,1H3,(H,25,28,29)/t15-/m0/s1. The summed E-state index contributed by atoms with van der Waals surface area (Å²) >= 11 is 0. The van der Waals surface area contributed by atoms with E-state index in [9.17, 15) is 18.8 Å². The van der Waals surface area contributed by atoms with E-state index in [1.54, 1.807) is 31.2 Å². The highest BCUT2D eigenvalue weighted by Crippen LogP contribution is 2.47. The first-order chi connectivity index (χ1) is 14.0. The Kier molecular flexibility index (Phi) is 3.67. The van der Waals surface area contributed by atoms with Gasteiger partial charge in [-0.15, -0.1) is 0 Å². The van der Waals surface area contributed by atoms with Crippen LogP contribution in [-0.4, -0.2) is 15.3 Å². The second-order valence-electron chi connectivity index (χ2n) is 7.04. The van der Waals surface area contributed by atoms with E-state index in [2.05, 4.69) is 10.3 Å². The summed E-state index contributed by atoms with van der Waals surface area (Å²) in [4.78, 5) is 40.8. The van der Waals surface area contributed by atoms with Gasteiger partial charge in [0.2, 0.25) is 0 Å². The van der Waals surface area contributed by atoms with Gasteiger partial charge in [-0.25, -0.2) is 9.18 Å². The van der Waals surface area contributed by atoms with E-state index in [1.807, 2.05) is 12.1 Å². The molecule has 0 saturated heterocycles. The van der Waals surface area contributed by atoms with Gasteiger partial charge in [-0.2, -0.15) is 0 Å². The molecule has 6 nitrogen and oxygen atoms in total. The van der Waals surface area contributed by atoms with Crippen molar-refractivity contribution in [1.29, 1.82) is 0 Å². The van der Waals surface area contributed by atoms with Crippen molar-refractivity contribution >= 4 is 17.3 Å². The van der Waals surface area contributed by atoms with Crippen LogP contribution < -0.4 is 16.6 Å². The number of rotatable bonds is 2. The molecule has 0 radical (unpaired) electrons. The predicted octanol–water partition coefficient (Wildman–Crippen LogP) is 2.86. The number of ketones is 1. The number of nitrogens with one attached hydrogen (secondary N) is 2. The molecule has 0 amide bonds. The molecule has 0 bridgehead atoms. The maximum Gasteiger partial charge on any atom is 0.329 e. The monoisotopic (exact) mass is 389 g/mol. The highest BCUT2D eigenvalue weighted by Gasteiger charge is 2.42. The van der Waals surface area contributed by atoms with Crippen LogP contribution in [0.1, 0.15) is 39.9 Å². The van der Waals surface area contributed by atoms with Crippen LogP contribution in [-0.2, 0) is 6.54 Å². The number of carbonyl (C=O) groups is 1. The molecule has 1 aliphatic carbocycles. The lowest BCUT2D eigenvalue weighted by Gasteiger charge is -2.29. The quantitative estimate of drug-likeness (QED) is 0.706. The largest absolute Gasteiger partial charge is 0.340 e. The van der Waals surface area contributed by atoms with Gasteiger partial charge in [-0.1, -0.05) is 36.4 Å². The summed E-state index contributed by atoms with van der Waals surface area (Å²) in [6, 6.07) is 13.0. The Morgan fingerprint density at radius 3 is 2.52 bits per heavy atom. The number of allylic oxidation sites excluding steroid dienone is 1. The number of H-pyrrole nitrogens is 1. The van der Waals surface area contributed by atoms with E-state index in [4.69, 9.17) is 0 Å². The number of halogens is 1. The molecule has 1 aromatic heterocycles. The fraction of sp³-hybridized carbons (Fsp3) is 0.136. The number of hydrogen-bond acceptors (Lipinski definition) is 4. The molecule has 0 fully saturated rings. The summed E-state index contributed by atoms with van der Waals surface area (Å²) in [6.45, 7) is 2.11. The second kappa shape index (κ2) is 6.13. The van der Waals surface area contributed by atoms with Crippen LogP contribution in [0.15, 0.2) is 63.7 Å². The van der Waals surface area contributed by atoms with Crippen LogP contribution in [0.4, 0.5) is 10.2 Å². The minimum absolute atomic E-state index is 0.211. The van der Waals surface area contributed by atoms with Crippen LogP contribution in [0.25, 0.3) is 5.70 Å². The Balaban J connectivity index is 1.89. The minimum atomic E-state index is -0.793. The lowest BCUT2D eigenvalue weighted by molar-refractivity contribution is 0.103. The van der Waals surface area contributed by atoms with Crippen molar-refractivity contribution in [3.8, 4) is 0 Å². The van der Waals surface area contributed by atoms with Crippen LogP contribution >= 0.6 is 0 Å². The summed E-state index contributed by atoms with van der Waals surface area (Å²) in [5, 5.41) is 3.17. The highest BCUT2D eigenvalue weighted by molar-refractivity contribution is 6.23. The summed E-state index contributed by atoms with van der Waals surface area (Å²) < 4.78 is 15.5. The highest BCUT2D eigenvalue weighted by atomic mass is 19.1. The van der Waals surface area contributed by atoms with Crippen molar-refractivity contribution in [3.05, 3.63) is 103 Å². The van der Waals surface area contributed by atoms with E-state index in [-0.39, 0.29) is 11.3 Å². The predicted molar refractivity (Wildman–Crippen MR) is 107 cm³/mol. The van der Waals surface area contributed by atoms with Gasteiger partial charge in [-0.3, -0.25) is 19.1 Å². The molecule has 2 aromatic carbocycles. The smallest absolute Gasteiger partial charge is 0.329 e. The minimum Gasteiger partial charge on any atom is -0.340 e. The van der Waals surface area contributed by atoms with Gasteiger partial charge in [0.25, 0.3) is 5.56 Å². The van der Waals surface area contributed by atoms with Gasteiger partial charge in [0.05, 0.1) is 11.3 Å². The van der Waals surface area contributed by atoms with Crippen LogP contribution in [0.5, 0.6) is 0 Å². The van der Waals surface area contributed by atoms with Gasteiger partial charge < -0.3 is 5.32 Å². The van der Waals surface area contributed by atoms with E-state index < -0.39 is 23.0 Å². The molecule has 7 heteroatoms. The van der Waals surface area contributed by atoms with Crippen molar-refractivity contribution in [2.75, 3.05) is 5.32 Å². The third-order valence-electron chi connectivity index (χ3n) is 5.51. The molecule has 0 saturated carbocycles. The molecule has 1 atom stereocenters. The summed E-state index contributed by atoms with van der Waals surface area (Å²) in [5.41, 5.74) is 1.74. The van der Waals surface area contributed by atoms with Gasteiger partial charge in [0.1, 0.15) is 11.6 Å². The van der Waals surface area contributed by atoms with Crippen LogP contribution in [0.3, 0.4) is 0 Å². The number of Topliss-reactive ketones (excluding diaryl/α,β-unsaturated/α-hetero) is 1. The van der Waals surface area contributed by atoms with Crippen molar-refractivity contribution in [2.45, 2.75) is 19.4 Å². The number of hydrogen-bond donors (Lipinski definition) is 2. The third kappa shape index (κ3) is 2.37. The van der Waals surface area contributed by atoms with E-state index in [0.717, 1.165) is 0 Å². The average molecular weight is 389 g/mol. The lowest BCUT2D eigenvalue weighted by Crippen LogP contribution is -2.38. The Hall–Kier alpha value is -3.74. The van der Waals surface area contributed by atoms with Gasteiger partial charge in [-0.05, 0) is 24.6 Å². The molecular weight excluding hydrogens is 373 g/mol. The Morgan fingerprint density at radius 2 is 1.79 bits per heavy atom. The molecule has 0 spiro atoms. The summed E-state index contributed by atoms with van der Waals surface area (Å²) in [7, 11) is 0. The molecule has 0 unspecified atom stereocenters. The molecule has 29 heavy (non-hydrogen) atoms. The lowest BCUT2D eigenvalue weighted by atomic mass is 9.81. The molecule has 2 N–H and O–H groups in total. The Bertz CT molecular complexity index is 1350. The molecule has 144 valence electrons. The zero-order chi connectivity index (χ0) is 20.3. The maximum absolute atomic E-state index is 14.1. The fourth-order valence-electron chi connectivity index (χ4n) is 4.29. The number of aromatic amines is 1. The first-order valence-electron chi connectivity index (χ1n) is 9.29. The molecule has 5 rings (SSSR count). The zero-order valence-corrected chi connectivity index (χ0v) is 15.5. The summed E-state index contributed by atoms with van der Waals surface area (Å²) in [6.07, 6.45) is 0. The van der Waals surface area contributed by atoms with Gasteiger partial charge in [0.15, 0.2) is 5.78 Å². The topological polar surface area (TPSA) is 84.0 Å². The van der Waals surface area contributed by atoms with Crippen LogP contribution in [0, 0.1) is 5.82 Å². The van der Waals surface area contributed by atoms with Gasteiger partial charge >= 0.3 is 5.69 Å². The van der Waals surface area contributed by atoms with E-state index >= 15 is 0 Å². The number of fused-ring (bicyclic) bond motifs is 3. The zero-order valence-electron chi connectivity index (χ0n) is 15.5. The molecule has 2 heterocycles. The Morgan fingerprint density at radius 1 is 1.03 bits per heavy atom. The molecule has 2 aliphatic rings. The van der Waals surface area contributed by atoms with Crippen molar-refractivity contribution in [2.24, 2.45) is 0 Å². The molecular formula is C22H16FN3O3. The van der Waals surface area contributed by atoms with Crippen molar-refractivity contribution in [1.82, 2.24) is 9.55 Å². The number of nitrogens with zero attached hydrogens (tertiary/aromatic N) is 1. The van der Waals surface area contributed by atoms with Crippen molar-refractivity contribution in [3.63, 3.8) is 0 Å². The SMILES string of the molecule is CCn1c2c(c(=O)[nH]c1=O)[C@@H](c1cccc(F)c1)C1=C(N2)c2ccccc2C1=O. The van der Waals surface area contributed by atoms with Crippen LogP contribution in [0.2, 0.25) is 0 Å². The first-order valence-corrected chi connectivity index (χ1v) is 9.29. The molecule has 3 aromatic rings. The number of aromatic nitrogens is 2. The van der Waals surface area contributed by atoms with E-state index in [1.165, 1.54) is 16.7 Å². The number of anilines is 1. The normalized spacial score (nSPS) is 16.9. The number of carbonyl (C=O) groups excluding carboxylic acids is 1. The fourth-order valence-corrected chi connectivity index (χ4v) is 4.29. The first kappa shape index (κ1) is 17.4. The van der Waals surface area contributed by atoms with Gasteiger partial charge in [0, 0.05) is 29.2 Å². The van der Waals surface area contributed by atoms with Crippen molar-refractivity contribution < 1.29 is 9.18 Å². The van der Waals surface area contributed by atoms with E-state index in [0.29, 0.717) is 40.3 Å². The molecule has 1 aliphatic heterocycles. The summed E-state index contributed by atoms with van der Waals surface area (Å²) in [5.74, 6) is -1.14. The third-order valence-corrected chi connectivity index (χ3v) is 5.51. The average Bonchev–Trinajstić information content (AvgIpc) is 2.99. The maximum atomic E-state index is 14.1. The Labute approximate surface area is 164 Å². The second-order valence-corrected chi connectivity index (χ2v) is 7.04.